The molecular formula is C43H49FN8O9. The number of cyclic esters (lactones) is 1. The van der Waals surface area contributed by atoms with Gasteiger partial charge in [0.15, 0.2) is 5.60 Å². The first-order chi connectivity index (χ1) is 29.0. The molecule has 2 aromatic heterocycles. The standard InChI is InChI=1S/C43H49FN8O9/c1-5-43(60)26-16-31-35-24(18-51(31)39(55)25(26)19-61-40(43)56)33-30(14-13-23-21(4)27(44)17-29(48-35)32(23)33)52(42(58)59)36(22-10-7-6-8-11-22)50-37(53)28(12-9-15-47-41(46)57)49-38(54)34(45)20(2)3/h6-8,10-11,16-17,20,28,30,34,36,60H,5,9,12-15,18-19,45H2,1-4H3,(H,49,54)(H,50,53)(H,58,59)(H3,46,47,57)/t28-,30-,34-,36?,43-/m0/s1. The van der Waals surface area contributed by atoms with E-state index in [1.54, 1.807) is 58.0 Å². The summed E-state index contributed by atoms with van der Waals surface area (Å²) < 4.78 is 22.3. The number of nitrogens with one attached hydrogen (secondary N) is 3. The number of halogens is 1. The Kier molecular flexibility index (Phi) is 11.6. The molecule has 322 valence electrons. The van der Waals surface area contributed by atoms with E-state index in [-0.39, 0.29) is 85.7 Å². The van der Waals surface area contributed by atoms with Crippen LogP contribution in [0.5, 0.6) is 0 Å². The van der Waals surface area contributed by atoms with E-state index in [4.69, 9.17) is 21.2 Å². The smallest absolute Gasteiger partial charge is 0.409 e. The van der Waals surface area contributed by atoms with Crippen LogP contribution in [0.4, 0.5) is 14.0 Å². The fourth-order valence-electron chi connectivity index (χ4n) is 8.77. The predicted octanol–water partition coefficient (Wildman–Crippen LogP) is 3.23. The van der Waals surface area contributed by atoms with Crippen LogP contribution in [-0.4, -0.2) is 73.2 Å². The highest BCUT2D eigenvalue weighted by Crippen LogP contribution is 2.49. The minimum absolute atomic E-state index is 0.0260. The molecule has 0 spiro atoms. The van der Waals surface area contributed by atoms with E-state index in [0.29, 0.717) is 33.2 Å². The molecule has 5 atom stereocenters. The average Bonchev–Trinajstić information content (AvgIpc) is 3.60. The van der Waals surface area contributed by atoms with Gasteiger partial charge in [-0.05, 0) is 73.3 Å². The van der Waals surface area contributed by atoms with Gasteiger partial charge in [-0.25, -0.2) is 23.8 Å². The second kappa shape index (κ2) is 16.6. The van der Waals surface area contributed by atoms with E-state index in [1.807, 2.05) is 0 Å². The number of carbonyl (C=O) groups is 5. The maximum Gasteiger partial charge on any atom is 0.409 e. The topological polar surface area (TPSA) is 261 Å². The van der Waals surface area contributed by atoms with Gasteiger partial charge in [0.25, 0.3) is 5.56 Å². The molecule has 4 aromatic rings. The van der Waals surface area contributed by atoms with Crippen molar-refractivity contribution in [2.75, 3.05) is 6.54 Å². The zero-order chi connectivity index (χ0) is 44.1. The number of carbonyl (C=O) groups excluding carboxylic acids is 4. The van der Waals surface area contributed by atoms with Gasteiger partial charge in [-0.1, -0.05) is 51.1 Å². The molecule has 0 radical (unpaired) electrons. The molecule has 61 heavy (non-hydrogen) atoms. The molecule has 0 saturated heterocycles. The van der Waals surface area contributed by atoms with Crippen LogP contribution in [0.25, 0.3) is 22.3 Å². The normalized spacial score (nSPS) is 18.9. The Morgan fingerprint density at radius 2 is 1.80 bits per heavy atom. The van der Waals surface area contributed by atoms with Gasteiger partial charge in [-0.2, -0.15) is 0 Å². The molecule has 9 N–H and O–H groups in total. The zero-order valence-corrected chi connectivity index (χ0v) is 34.2. The number of pyridine rings is 2. The number of aryl methyl sites for hydroxylation is 1. The molecular weight excluding hydrogens is 792 g/mol. The van der Waals surface area contributed by atoms with E-state index in [9.17, 15) is 39.0 Å². The average molecular weight is 841 g/mol. The number of amides is 5. The van der Waals surface area contributed by atoms with Crippen LogP contribution in [0.1, 0.15) is 97.6 Å². The van der Waals surface area contributed by atoms with Gasteiger partial charge in [0.2, 0.25) is 11.8 Å². The van der Waals surface area contributed by atoms with Crippen LogP contribution in [0.3, 0.4) is 0 Å². The number of nitrogens with zero attached hydrogens (tertiary/aromatic N) is 3. The lowest BCUT2D eigenvalue weighted by Crippen LogP contribution is -2.55. The number of aliphatic hydroxyl groups is 1. The minimum Gasteiger partial charge on any atom is -0.465 e. The maximum atomic E-state index is 15.7. The van der Waals surface area contributed by atoms with Crippen LogP contribution < -0.4 is 33.0 Å². The number of hydrogen-bond acceptors (Lipinski definition) is 10. The molecule has 2 aromatic carbocycles. The van der Waals surface area contributed by atoms with Crippen molar-refractivity contribution in [3.05, 3.63) is 97.6 Å². The Morgan fingerprint density at radius 1 is 1.08 bits per heavy atom. The quantitative estimate of drug-likeness (QED) is 0.0514. The Bertz CT molecular complexity index is 2530. The van der Waals surface area contributed by atoms with Crippen molar-refractivity contribution in [3.63, 3.8) is 0 Å². The summed E-state index contributed by atoms with van der Waals surface area (Å²) in [5, 5.41) is 31.3. The summed E-state index contributed by atoms with van der Waals surface area (Å²) in [6.45, 7) is 6.39. The number of urea groups is 1. The van der Waals surface area contributed by atoms with Gasteiger partial charge in [0.1, 0.15) is 24.6 Å². The van der Waals surface area contributed by atoms with Crippen LogP contribution in [0.15, 0.2) is 47.3 Å². The molecule has 4 heterocycles. The molecule has 18 heteroatoms. The van der Waals surface area contributed by atoms with E-state index in [2.05, 4.69) is 16.0 Å². The number of ether oxygens (including phenoxy) is 1. The number of carboxylic acid groups (broad SMARTS) is 1. The first-order valence-corrected chi connectivity index (χ1v) is 20.3. The first-order valence-electron chi connectivity index (χ1n) is 20.3. The summed E-state index contributed by atoms with van der Waals surface area (Å²) >= 11 is 0. The van der Waals surface area contributed by atoms with Gasteiger partial charge in [0, 0.05) is 29.1 Å². The number of esters is 1. The number of benzene rings is 2. The molecule has 0 fully saturated rings. The highest BCUT2D eigenvalue weighted by atomic mass is 19.1. The lowest BCUT2D eigenvalue weighted by atomic mass is 9.80. The van der Waals surface area contributed by atoms with Gasteiger partial charge in [-0.15, -0.1) is 0 Å². The molecule has 3 aliphatic rings. The minimum atomic E-state index is -2.11. The lowest BCUT2D eigenvalue weighted by molar-refractivity contribution is -0.172. The second-order valence-corrected chi connectivity index (χ2v) is 16.1. The van der Waals surface area contributed by atoms with Crippen molar-refractivity contribution >= 4 is 40.8 Å². The van der Waals surface area contributed by atoms with E-state index in [1.165, 1.54) is 16.7 Å². The Morgan fingerprint density at radius 3 is 2.46 bits per heavy atom. The molecule has 1 aliphatic carbocycles. The number of fused-ring (bicyclic) bond motifs is 5. The fourth-order valence-corrected chi connectivity index (χ4v) is 8.77. The van der Waals surface area contributed by atoms with Crippen LogP contribution in [0, 0.1) is 18.7 Å². The van der Waals surface area contributed by atoms with Crippen molar-refractivity contribution in [1.29, 1.82) is 0 Å². The van der Waals surface area contributed by atoms with Crippen LogP contribution in [0.2, 0.25) is 0 Å². The third-order valence-corrected chi connectivity index (χ3v) is 12.2. The van der Waals surface area contributed by atoms with Crippen molar-refractivity contribution in [1.82, 2.24) is 30.4 Å². The SMILES string of the molecule is CC[C@@]1(O)C(=O)OCc2c1cc1n(c2=O)Cc2c-1nc1cc(F)c(C)c3c1c2[C@@H](N(C(=O)O)C(NC(=O)[C@H](CCCNC(N)=O)NC(=O)[C@@H](N)C(C)C)c1ccccc1)CC3. The molecule has 2 aliphatic heterocycles. The van der Waals surface area contributed by atoms with Crippen molar-refractivity contribution in [2.24, 2.45) is 17.4 Å². The highest BCUT2D eigenvalue weighted by Gasteiger charge is 2.47. The van der Waals surface area contributed by atoms with Crippen molar-refractivity contribution < 1.29 is 43.3 Å². The van der Waals surface area contributed by atoms with Crippen LogP contribution in [-0.2, 0) is 44.3 Å². The summed E-state index contributed by atoms with van der Waals surface area (Å²) in [7, 11) is 0. The second-order valence-electron chi connectivity index (χ2n) is 16.1. The monoisotopic (exact) mass is 840 g/mol. The van der Waals surface area contributed by atoms with E-state index >= 15 is 4.39 Å². The van der Waals surface area contributed by atoms with Gasteiger partial charge >= 0.3 is 18.1 Å². The predicted molar refractivity (Wildman–Crippen MR) is 219 cm³/mol. The van der Waals surface area contributed by atoms with E-state index < -0.39 is 71.2 Å². The third-order valence-electron chi connectivity index (χ3n) is 12.2. The number of nitrogens with two attached hydrogens (primary N) is 2. The Balaban J connectivity index is 1.37. The summed E-state index contributed by atoms with van der Waals surface area (Å²) in [5.74, 6) is -3.02. The maximum absolute atomic E-state index is 15.7. The summed E-state index contributed by atoms with van der Waals surface area (Å²) in [6, 6.07) is 7.25. The molecule has 0 bridgehead atoms. The third kappa shape index (κ3) is 7.54. The largest absolute Gasteiger partial charge is 0.465 e. The number of aromatic nitrogens is 2. The highest BCUT2D eigenvalue weighted by molar-refractivity contribution is 5.94. The number of hydrogen-bond donors (Lipinski definition) is 7. The molecule has 7 rings (SSSR count). The zero-order valence-electron chi connectivity index (χ0n) is 34.2. The number of rotatable bonds is 13. The van der Waals surface area contributed by atoms with Crippen molar-refractivity contribution in [2.45, 2.75) is 103 Å². The Hall–Kier alpha value is -6.40. The summed E-state index contributed by atoms with van der Waals surface area (Å²) in [6.07, 6.45) is -2.25. The first kappa shape index (κ1) is 42.7. The molecule has 0 saturated carbocycles. The Labute approximate surface area is 349 Å². The van der Waals surface area contributed by atoms with Crippen LogP contribution >= 0.6 is 0 Å². The molecule has 5 amide bonds. The summed E-state index contributed by atoms with van der Waals surface area (Å²) in [5.41, 5.74) is 11.9. The van der Waals surface area contributed by atoms with E-state index in [0.717, 1.165) is 4.90 Å². The molecule has 17 nitrogen and oxygen atoms in total. The number of primary amides is 1. The fraction of sp³-hybridized carbons (Fsp3) is 0.419. The summed E-state index contributed by atoms with van der Waals surface area (Å²) in [4.78, 5) is 85.9. The molecule has 1 unspecified atom stereocenters. The van der Waals surface area contributed by atoms with Crippen molar-refractivity contribution in [3.8, 4) is 11.4 Å². The van der Waals surface area contributed by atoms with Gasteiger partial charge in [-0.3, -0.25) is 19.3 Å². The van der Waals surface area contributed by atoms with Gasteiger partial charge < -0.3 is 46.9 Å². The van der Waals surface area contributed by atoms with Gasteiger partial charge in [0.05, 0.1) is 41.1 Å². The lowest BCUT2D eigenvalue weighted by Gasteiger charge is -2.40.